The monoisotopic (exact) mass is 258 g/mol. The Bertz CT molecular complexity index is 544. The third-order valence-corrected chi connectivity index (χ3v) is 2.68. The summed E-state index contributed by atoms with van der Waals surface area (Å²) in [4.78, 5) is 12.9. The van der Waals surface area contributed by atoms with E-state index in [0.29, 0.717) is 11.8 Å². The van der Waals surface area contributed by atoms with Crippen molar-refractivity contribution in [2.75, 3.05) is 12.4 Å². The molecule has 0 radical (unpaired) electrons. The van der Waals surface area contributed by atoms with Crippen LogP contribution in [-0.2, 0) is 6.42 Å². The number of pyridine rings is 1. The molecule has 0 amide bonds. The minimum atomic E-state index is 0.196. The summed E-state index contributed by atoms with van der Waals surface area (Å²) in [5.74, 6) is 1.12. The van der Waals surface area contributed by atoms with Crippen molar-refractivity contribution in [1.29, 1.82) is 0 Å². The number of hydrogen-bond acceptors (Lipinski definition) is 5. The molecule has 0 bridgehead atoms. The Labute approximate surface area is 113 Å². The quantitative estimate of drug-likeness (QED) is 0.891. The molecule has 0 spiro atoms. The van der Waals surface area contributed by atoms with Gasteiger partial charge in [0.15, 0.2) is 0 Å². The van der Waals surface area contributed by atoms with E-state index in [1.165, 1.54) is 0 Å². The topological polar surface area (TPSA) is 59.9 Å². The molecule has 2 heterocycles. The van der Waals surface area contributed by atoms with E-state index in [1.807, 2.05) is 25.1 Å². The average Bonchev–Trinajstić information content (AvgIpc) is 2.38. The van der Waals surface area contributed by atoms with Gasteiger partial charge in [-0.15, -0.1) is 0 Å². The predicted octanol–water partition coefficient (Wildman–Crippen LogP) is 2.23. The number of anilines is 1. The van der Waals surface area contributed by atoms with Gasteiger partial charge in [-0.25, -0.2) is 4.98 Å². The van der Waals surface area contributed by atoms with Crippen molar-refractivity contribution >= 4 is 5.95 Å². The summed E-state index contributed by atoms with van der Waals surface area (Å²) in [6, 6.07) is 7.95. The molecule has 0 unspecified atom stereocenters. The summed E-state index contributed by atoms with van der Waals surface area (Å²) in [7, 11) is 1.59. The Balaban J connectivity index is 1.98. The highest BCUT2D eigenvalue weighted by atomic mass is 16.5. The fraction of sp³-hybridized carbons (Fsp3) is 0.357. The van der Waals surface area contributed by atoms with Gasteiger partial charge in [-0.05, 0) is 26.0 Å². The molecule has 5 nitrogen and oxygen atoms in total. The van der Waals surface area contributed by atoms with Crippen LogP contribution in [0, 0.1) is 6.92 Å². The summed E-state index contributed by atoms with van der Waals surface area (Å²) < 4.78 is 5.07. The van der Waals surface area contributed by atoms with Crippen LogP contribution < -0.4 is 10.1 Å². The molecule has 0 aliphatic heterocycles. The summed E-state index contributed by atoms with van der Waals surface area (Å²) in [5.41, 5.74) is 2.09. The van der Waals surface area contributed by atoms with Crippen LogP contribution in [0.25, 0.3) is 0 Å². The van der Waals surface area contributed by atoms with Gasteiger partial charge in [-0.2, -0.15) is 4.98 Å². The van der Waals surface area contributed by atoms with Crippen molar-refractivity contribution in [3.05, 3.63) is 41.9 Å². The number of ether oxygens (including phenoxy) is 1. The van der Waals surface area contributed by atoms with Crippen molar-refractivity contribution in [3.8, 4) is 5.88 Å². The van der Waals surface area contributed by atoms with Crippen molar-refractivity contribution in [1.82, 2.24) is 15.0 Å². The maximum atomic E-state index is 5.07. The van der Waals surface area contributed by atoms with E-state index in [-0.39, 0.29) is 6.04 Å². The zero-order chi connectivity index (χ0) is 13.7. The van der Waals surface area contributed by atoms with Gasteiger partial charge in [-0.1, -0.05) is 6.07 Å². The van der Waals surface area contributed by atoms with Crippen LogP contribution in [0.2, 0.25) is 0 Å². The van der Waals surface area contributed by atoms with E-state index >= 15 is 0 Å². The van der Waals surface area contributed by atoms with E-state index in [4.69, 9.17) is 4.74 Å². The standard InChI is InChI=1S/C14H18N4O/c1-10-5-4-6-12(16-10)9-11(2)17-14-15-8-7-13(18-14)19-3/h4-8,11H,9H2,1-3H3,(H,15,17,18)/t11-/m0/s1. The van der Waals surface area contributed by atoms with Crippen molar-refractivity contribution in [2.45, 2.75) is 26.3 Å². The smallest absolute Gasteiger partial charge is 0.226 e. The van der Waals surface area contributed by atoms with Crippen LogP contribution in [-0.4, -0.2) is 28.1 Å². The highest BCUT2D eigenvalue weighted by Crippen LogP contribution is 2.10. The third kappa shape index (κ3) is 3.91. The van der Waals surface area contributed by atoms with Crippen LogP contribution >= 0.6 is 0 Å². The summed E-state index contributed by atoms with van der Waals surface area (Å²) >= 11 is 0. The highest BCUT2D eigenvalue weighted by Gasteiger charge is 2.07. The maximum absolute atomic E-state index is 5.07. The van der Waals surface area contributed by atoms with Crippen molar-refractivity contribution in [2.24, 2.45) is 0 Å². The minimum absolute atomic E-state index is 0.196. The third-order valence-electron chi connectivity index (χ3n) is 2.68. The van der Waals surface area contributed by atoms with Gasteiger partial charge in [0.05, 0.1) is 7.11 Å². The zero-order valence-corrected chi connectivity index (χ0v) is 11.4. The largest absolute Gasteiger partial charge is 0.481 e. The normalized spacial score (nSPS) is 11.9. The van der Waals surface area contributed by atoms with Gasteiger partial charge >= 0.3 is 0 Å². The Morgan fingerprint density at radius 3 is 2.84 bits per heavy atom. The first-order chi connectivity index (χ1) is 9.17. The second kappa shape index (κ2) is 6.13. The van der Waals surface area contributed by atoms with E-state index in [2.05, 4.69) is 27.2 Å². The summed E-state index contributed by atoms with van der Waals surface area (Å²) in [5, 5.41) is 3.24. The van der Waals surface area contributed by atoms with Crippen LogP contribution in [0.5, 0.6) is 5.88 Å². The van der Waals surface area contributed by atoms with Gasteiger partial charge in [0, 0.05) is 36.1 Å². The number of nitrogens with zero attached hydrogens (tertiary/aromatic N) is 3. The van der Waals surface area contributed by atoms with Gasteiger partial charge in [0.1, 0.15) is 0 Å². The van der Waals surface area contributed by atoms with Crippen molar-refractivity contribution < 1.29 is 4.74 Å². The van der Waals surface area contributed by atoms with Gasteiger partial charge in [0.25, 0.3) is 0 Å². The lowest BCUT2D eigenvalue weighted by Crippen LogP contribution is -2.20. The van der Waals surface area contributed by atoms with E-state index in [9.17, 15) is 0 Å². The Morgan fingerprint density at radius 1 is 1.26 bits per heavy atom. The molecular weight excluding hydrogens is 240 g/mol. The van der Waals surface area contributed by atoms with E-state index in [0.717, 1.165) is 17.8 Å². The fourth-order valence-corrected chi connectivity index (χ4v) is 1.82. The Hall–Kier alpha value is -2.17. The lowest BCUT2D eigenvalue weighted by Gasteiger charge is -2.13. The van der Waals surface area contributed by atoms with E-state index in [1.54, 1.807) is 19.4 Å². The molecule has 19 heavy (non-hydrogen) atoms. The van der Waals surface area contributed by atoms with Gasteiger partial charge in [-0.3, -0.25) is 4.98 Å². The lowest BCUT2D eigenvalue weighted by atomic mass is 10.1. The first-order valence-corrected chi connectivity index (χ1v) is 6.23. The van der Waals surface area contributed by atoms with Crippen molar-refractivity contribution in [3.63, 3.8) is 0 Å². The molecule has 0 fully saturated rings. The number of rotatable bonds is 5. The summed E-state index contributed by atoms with van der Waals surface area (Å²) in [6.45, 7) is 4.07. The molecule has 0 aromatic carbocycles. The predicted molar refractivity (Wildman–Crippen MR) is 74.3 cm³/mol. The van der Waals surface area contributed by atoms with Crippen LogP contribution in [0.15, 0.2) is 30.5 Å². The first kappa shape index (κ1) is 13.3. The minimum Gasteiger partial charge on any atom is -0.481 e. The molecule has 0 aliphatic rings. The highest BCUT2D eigenvalue weighted by molar-refractivity contribution is 5.29. The first-order valence-electron chi connectivity index (χ1n) is 6.23. The summed E-state index contributed by atoms with van der Waals surface area (Å²) in [6.07, 6.45) is 2.49. The van der Waals surface area contributed by atoms with Gasteiger partial charge < -0.3 is 10.1 Å². The molecule has 0 saturated heterocycles. The lowest BCUT2D eigenvalue weighted by molar-refractivity contribution is 0.397. The molecule has 0 saturated carbocycles. The fourth-order valence-electron chi connectivity index (χ4n) is 1.82. The van der Waals surface area contributed by atoms with Crippen LogP contribution in [0.1, 0.15) is 18.3 Å². The number of aromatic nitrogens is 3. The number of aryl methyl sites for hydroxylation is 1. The molecule has 1 atom stereocenters. The SMILES string of the molecule is COc1ccnc(N[C@@H](C)Cc2cccc(C)n2)n1. The Morgan fingerprint density at radius 2 is 2.11 bits per heavy atom. The zero-order valence-electron chi connectivity index (χ0n) is 11.4. The molecule has 5 heteroatoms. The average molecular weight is 258 g/mol. The molecule has 1 N–H and O–H groups in total. The number of methoxy groups -OCH3 is 1. The van der Waals surface area contributed by atoms with Crippen LogP contribution in [0.3, 0.4) is 0 Å². The second-order valence-electron chi connectivity index (χ2n) is 4.44. The molecular formula is C14H18N4O. The molecule has 2 aromatic heterocycles. The number of nitrogens with one attached hydrogen (secondary N) is 1. The maximum Gasteiger partial charge on any atom is 0.226 e. The molecule has 100 valence electrons. The Kier molecular flexibility index (Phi) is 4.28. The van der Waals surface area contributed by atoms with Crippen LogP contribution in [0.4, 0.5) is 5.95 Å². The molecule has 2 rings (SSSR count). The van der Waals surface area contributed by atoms with Gasteiger partial charge in [0.2, 0.25) is 11.8 Å². The number of hydrogen-bond donors (Lipinski definition) is 1. The van der Waals surface area contributed by atoms with E-state index < -0.39 is 0 Å². The second-order valence-corrected chi connectivity index (χ2v) is 4.44. The molecule has 0 aliphatic carbocycles. The molecule has 2 aromatic rings.